The molecule has 0 unspecified atom stereocenters. The Balaban J connectivity index is 2.73. The van der Waals surface area contributed by atoms with E-state index in [1.165, 1.54) is 6.92 Å². The third kappa shape index (κ3) is 7.14. The van der Waals surface area contributed by atoms with Crippen molar-refractivity contribution >= 4 is 31.7 Å². The van der Waals surface area contributed by atoms with Gasteiger partial charge in [0.1, 0.15) is 6.04 Å². The van der Waals surface area contributed by atoms with Crippen molar-refractivity contribution in [3.05, 3.63) is 29.8 Å². The molecule has 4 N–H and O–H groups in total. The molecule has 3 amide bonds. The molecule has 1 aromatic rings. The molecule has 27 heavy (non-hydrogen) atoms. The van der Waals surface area contributed by atoms with Gasteiger partial charge in [-0.05, 0) is 42.8 Å². The fraction of sp³-hybridized carbons (Fsp3) is 0.526. The van der Waals surface area contributed by atoms with Crippen molar-refractivity contribution in [3.63, 3.8) is 0 Å². The van der Waals surface area contributed by atoms with E-state index in [4.69, 9.17) is 10.2 Å². The molecule has 0 bridgehead atoms. The van der Waals surface area contributed by atoms with Gasteiger partial charge in [0, 0.05) is 24.8 Å². The van der Waals surface area contributed by atoms with Gasteiger partial charge in [0.25, 0.3) is 5.91 Å². The molecule has 0 aliphatic rings. The first-order chi connectivity index (χ1) is 12.3. The van der Waals surface area contributed by atoms with E-state index in [1.54, 1.807) is 24.3 Å². The molecule has 0 saturated heterocycles. The average molecular weight is 394 g/mol. The number of carbonyl (C=O) groups excluding carboxylic acids is 3. The largest absolute Gasteiger partial charge is 0.417 e. The molecule has 0 aliphatic carbocycles. The summed E-state index contributed by atoms with van der Waals surface area (Å²) >= 11 is 0. The summed E-state index contributed by atoms with van der Waals surface area (Å²) in [5, 5.41) is 5.32. The van der Waals surface area contributed by atoms with E-state index in [2.05, 4.69) is 44.5 Å². The minimum atomic E-state index is -1.94. The van der Waals surface area contributed by atoms with Gasteiger partial charge >= 0.3 is 0 Å². The quantitative estimate of drug-likeness (QED) is 0.590. The van der Waals surface area contributed by atoms with Crippen LogP contribution in [0.3, 0.4) is 0 Å². The summed E-state index contributed by atoms with van der Waals surface area (Å²) in [7, 11) is -1.94. The smallest absolute Gasteiger partial charge is 0.252 e. The number of primary amides is 1. The maximum atomic E-state index is 12.5. The van der Waals surface area contributed by atoms with Crippen molar-refractivity contribution in [2.75, 3.05) is 11.9 Å². The molecule has 0 aliphatic heterocycles. The molecule has 0 spiro atoms. The summed E-state index contributed by atoms with van der Waals surface area (Å²) < 4.78 is 6.06. The summed E-state index contributed by atoms with van der Waals surface area (Å²) in [4.78, 5) is 35.3. The van der Waals surface area contributed by atoms with Crippen molar-refractivity contribution in [3.8, 4) is 0 Å². The van der Waals surface area contributed by atoms with Crippen molar-refractivity contribution in [2.45, 2.75) is 58.3 Å². The molecule has 0 radical (unpaired) electrons. The van der Waals surface area contributed by atoms with Crippen LogP contribution in [0.4, 0.5) is 5.69 Å². The van der Waals surface area contributed by atoms with Crippen molar-refractivity contribution in [1.82, 2.24) is 5.32 Å². The van der Waals surface area contributed by atoms with Crippen LogP contribution in [-0.2, 0) is 14.0 Å². The van der Waals surface area contributed by atoms with Crippen LogP contribution in [0.5, 0.6) is 0 Å². The standard InChI is InChI=1S/C19H31N3O4Si/c1-13(23)21-15-9-7-8-14(12-15)18(25)22-16(17(20)24)10-11-26-27(5,6)19(2,3)4/h7-9,12,16H,10-11H2,1-6H3,(H2,20,24)(H,21,23)(H,22,25)/t16-/m0/s1. The minimum Gasteiger partial charge on any atom is -0.417 e. The van der Waals surface area contributed by atoms with Gasteiger partial charge in [-0.2, -0.15) is 0 Å². The zero-order valence-corrected chi connectivity index (χ0v) is 18.0. The summed E-state index contributed by atoms with van der Waals surface area (Å²) in [5.74, 6) is -1.27. The number of carbonyl (C=O) groups is 3. The second-order valence-electron chi connectivity index (χ2n) is 8.09. The molecule has 1 aromatic carbocycles. The van der Waals surface area contributed by atoms with E-state index in [9.17, 15) is 14.4 Å². The zero-order chi connectivity index (χ0) is 20.8. The van der Waals surface area contributed by atoms with Crippen molar-refractivity contribution in [1.29, 1.82) is 0 Å². The molecule has 0 aromatic heterocycles. The van der Waals surface area contributed by atoms with Gasteiger partial charge in [-0.3, -0.25) is 14.4 Å². The lowest BCUT2D eigenvalue weighted by atomic mass is 10.1. The molecule has 0 saturated carbocycles. The number of benzene rings is 1. The highest BCUT2D eigenvalue weighted by Crippen LogP contribution is 2.36. The fourth-order valence-corrected chi connectivity index (χ4v) is 3.18. The number of nitrogens with two attached hydrogens (primary N) is 1. The van der Waals surface area contributed by atoms with Crippen LogP contribution < -0.4 is 16.4 Å². The summed E-state index contributed by atoms with van der Waals surface area (Å²) in [6.45, 7) is 12.4. The normalized spacial score (nSPS) is 13.0. The molecule has 1 atom stereocenters. The van der Waals surface area contributed by atoms with Gasteiger partial charge in [-0.15, -0.1) is 0 Å². The van der Waals surface area contributed by atoms with Crippen molar-refractivity contribution < 1.29 is 18.8 Å². The second-order valence-corrected chi connectivity index (χ2v) is 12.9. The Morgan fingerprint density at radius 2 is 1.85 bits per heavy atom. The molecule has 0 heterocycles. The molecular formula is C19H31N3O4Si. The Kier molecular flexibility index (Phi) is 7.73. The van der Waals surface area contributed by atoms with E-state index >= 15 is 0 Å². The Bertz CT molecular complexity index is 698. The third-order valence-electron chi connectivity index (χ3n) is 4.77. The number of rotatable bonds is 8. The number of hydrogen-bond acceptors (Lipinski definition) is 4. The van der Waals surface area contributed by atoms with E-state index in [1.807, 2.05) is 0 Å². The molecular weight excluding hydrogens is 362 g/mol. The van der Waals surface area contributed by atoms with Gasteiger partial charge < -0.3 is 20.8 Å². The molecule has 1 rings (SSSR count). The maximum Gasteiger partial charge on any atom is 0.252 e. The number of hydrogen-bond donors (Lipinski definition) is 3. The Morgan fingerprint density at radius 3 is 2.37 bits per heavy atom. The fourth-order valence-electron chi connectivity index (χ4n) is 2.12. The number of nitrogens with one attached hydrogen (secondary N) is 2. The van der Waals surface area contributed by atoms with Crippen LogP contribution >= 0.6 is 0 Å². The highest BCUT2D eigenvalue weighted by atomic mass is 28.4. The molecule has 150 valence electrons. The lowest BCUT2D eigenvalue weighted by Crippen LogP contribution is -2.47. The number of anilines is 1. The third-order valence-corrected chi connectivity index (χ3v) is 9.31. The minimum absolute atomic E-state index is 0.0582. The second kappa shape index (κ2) is 9.14. The summed E-state index contributed by atoms with van der Waals surface area (Å²) in [5.41, 5.74) is 6.28. The summed E-state index contributed by atoms with van der Waals surface area (Å²) in [6, 6.07) is 5.65. The van der Waals surface area contributed by atoms with Crippen LogP contribution in [0.25, 0.3) is 0 Å². The first-order valence-corrected chi connectivity index (χ1v) is 11.9. The van der Waals surface area contributed by atoms with Crippen LogP contribution in [-0.4, -0.2) is 38.7 Å². The van der Waals surface area contributed by atoms with Crippen LogP contribution in [0.2, 0.25) is 18.1 Å². The first-order valence-electron chi connectivity index (χ1n) is 8.95. The van der Waals surface area contributed by atoms with Gasteiger partial charge in [-0.1, -0.05) is 26.8 Å². The topological polar surface area (TPSA) is 111 Å². The highest BCUT2D eigenvalue weighted by Gasteiger charge is 2.37. The van der Waals surface area contributed by atoms with Gasteiger partial charge in [0.15, 0.2) is 8.32 Å². The van der Waals surface area contributed by atoms with E-state index in [-0.39, 0.29) is 10.9 Å². The first kappa shape index (κ1) is 22.8. The lowest BCUT2D eigenvalue weighted by Gasteiger charge is -2.36. The van der Waals surface area contributed by atoms with E-state index in [0.717, 1.165) is 0 Å². The van der Waals surface area contributed by atoms with Gasteiger partial charge in [-0.25, -0.2) is 0 Å². The SMILES string of the molecule is CC(=O)Nc1cccc(C(=O)N[C@@H](CCO[Si](C)(C)C(C)(C)C)C(N)=O)c1. The highest BCUT2D eigenvalue weighted by molar-refractivity contribution is 6.74. The molecule has 7 nitrogen and oxygen atoms in total. The van der Waals surface area contributed by atoms with Crippen LogP contribution in [0.1, 0.15) is 44.5 Å². The number of amides is 3. The predicted octanol–water partition coefficient (Wildman–Crippen LogP) is 2.64. The Morgan fingerprint density at radius 1 is 1.22 bits per heavy atom. The van der Waals surface area contributed by atoms with Crippen LogP contribution in [0, 0.1) is 0 Å². The van der Waals surface area contributed by atoms with Crippen molar-refractivity contribution in [2.24, 2.45) is 5.73 Å². The van der Waals surface area contributed by atoms with Gasteiger partial charge in [0.2, 0.25) is 11.8 Å². The monoisotopic (exact) mass is 393 g/mol. The lowest BCUT2D eigenvalue weighted by molar-refractivity contribution is -0.120. The van der Waals surface area contributed by atoms with E-state index < -0.39 is 26.2 Å². The predicted molar refractivity (Wildman–Crippen MR) is 109 cm³/mol. The molecule has 0 fully saturated rings. The zero-order valence-electron chi connectivity index (χ0n) is 17.0. The summed E-state index contributed by atoms with van der Waals surface area (Å²) in [6.07, 6.45) is 0.305. The average Bonchev–Trinajstić information content (AvgIpc) is 2.52. The molecule has 8 heteroatoms. The Hall–Kier alpha value is -2.19. The Labute approximate surface area is 162 Å². The van der Waals surface area contributed by atoms with Gasteiger partial charge in [0.05, 0.1) is 0 Å². The maximum absolute atomic E-state index is 12.5. The van der Waals surface area contributed by atoms with E-state index in [0.29, 0.717) is 24.3 Å². The van der Waals surface area contributed by atoms with Crippen LogP contribution in [0.15, 0.2) is 24.3 Å².